The summed E-state index contributed by atoms with van der Waals surface area (Å²) in [6.07, 6.45) is 1.41. The Hall–Kier alpha value is -0.930. The van der Waals surface area contributed by atoms with E-state index >= 15 is 0 Å². The number of esters is 1. The van der Waals surface area contributed by atoms with Crippen LogP contribution < -0.4 is 0 Å². The zero-order valence-corrected chi connectivity index (χ0v) is 9.01. The molecule has 0 aromatic rings. The predicted molar refractivity (Wildman–Crippen MR) is 50.4 cm³/mol. The molecule has 2 aliphatic carbocycles. The number of hydrogen-bond donors (Lipinski definition) is 0. The van der Waals surface area contributed by atoms with Crippen LogP contribution in [0.15, 0.2) is 11.6 Å². The summed E-state index contributed by atoms with van der Waals surface area (Å²) in [5.41, 5.74) is -0.0642. The third-order valence-electron chi connectivity index (χ3n) is 3.50. The molecule has 2 atom stereocenters. The van der Waals surface area contributed by atoms with Gasteiger partial charge in [-0.25, -0.2) is 8.78 Å². The molecule has 0 spiro atoms. The first-order chi connectivity index (χ1) is 6.80. The fourth-order valence-corrected chi connectivity index (χ4v) is 2.16. The minimum absolute atomic E-state index is 0.0895. The first kappa shape index (κ1) is 10.6. The number of alkyl halides is 2. The molecule has 0 bridgehead atoms. The van der Waals surface area contributed by atoms with Crippen molar-refractivity contribution in [2.45, 2.75) is 26.2 Å². The normalized spacial score (nSPS) is 37.5. The van der Waals surface area contributed by atoms with Crippen molar-refractivity contribution in [3.05, 3.63) is 11.6 Å². The highest BCUT2D eigenvalue weighted by molar-refractivity contribution is 5.78. The summed E-state index contributed by atoms with van der Waals surface area (Å²) in [6, 6.07) is 0. The van der Waals surface area contributed by atoms with Gasteiger partial charge in [-0.3, -0.25) is 4.79 Å². The largest absolute Gasteiger partial charge is 0.469 e. The monoisotopic (exact) mass is 216 g/mol. The van der Waals surface area contributed by atoms with Crippen molar-refractivity contribution in [2.75, 3.05) is 7.11 Å². The van der Waals surface area contributed by atoms with E-state index in [1.807, 2.05) is 13.8 Å². The molecule has 84 valence electrons. The smallest absolute Gasteiger partial charge is 0.309 e. The topological polar surface area (TPSA) is 26.3 Å². The SMILES string of the molecule is COC(=O)C1C(/C=C2\CC2(F)F)C1(C)C. The predicted octanol–water partition coefficient (Wildman–Crippen LogP) is 2.40. The summed E-state index contributed by atoms with van der Waals surface area (Å²) in [5.74, 6) is -3.26. The lowest BCUT2D eigenvalue weighted by Gasteiger charge is -1.98. The van der Waals surface area contributed by atoms with E-state index in [1.165, 1.54) is 7.11 Å². The molecule has 15 heavy (non-hydrogen) atoms. The van der Waals surface area contributed by atoms with Gasteiger partial charge in [0.25, 0.3) is 5.92 Å². The number of hydrogen-bond acceptors (Lipinski definition) is 2. The Kier molecular flexibility index (Phi) is 1.98. The van der Waals surface area contributed by atoms with Gasteiger partial charge in [-0.05, 0) is 11.3 Å². The van der Waals surface area contributed by atoms with E-state index in [1.54, 1.807) is 6.08 Å². The Morgan fingerprint density at radius 2 is 2.07 bits per heavy atom. The molecule has 0 amide bonds. The Morgan fingerprint density at radius 1 is 1.53 bits per heavy atom. The molecule has 2 saturated carbocycles. The summed E-state index contributed by atoms with van der Waals surface area (Å²) in [4.78, 5) is 11.3. The lowest BCUT2D eigenvalue weighted by atomic mass is 10.1. The molecule has 0 aromatic carbocycles. The molecular formula is C11H14F2O2. The molecule has 2 fully saturated rings. The molecule has 0 saturated heterocycles. The lowest BCUT2D eigenvalue weighted by Crippen LogP contribution is -2.07. The fourth-order valence-electron chi connectivity index (χ4n) is 2.16. The van der Waals surface area contributed by atoms with Gasteiger partial charge in [0.1, 0.15) is 0 Å². The third-order valence-corrected chi connectivity index (χ3v) is 3.50. The van der Waals surface area contributed by atoms with E-state index in [0.29, 0.717) is 0 Å². The van der Waals surface area contributed by atoms with Crippen LogP contribution in [-0.4, -0.2) is 19.0 Å². The van der Waals surface area contributed by atoms with Crippen LogP contribution in [0.5, 0.6) is 0 Å². The number of rotatable bonds is 2. The van der Waals surface area contributed by atoms with Gasteiger partial charge in [-0.15, -0.1) is 0 Å². The van der Waals surface area contributed by atoms with Gasteiger partial charge < -0.3 is 4.74 Å². The third kappa shape index (κ3) is 1.56. The Labute approximate surface area is 87.3 Å². The summed E-state index contributed by atoms with van der Waals surface area (Å²) in [6.45, 7) is 3.80. The van der Waals surface area contributed by atoms with E-state index in [0.717, 1.165) is 0 Å². The van der Waals surface area contributed by atoms with E-state index in [4.69, 9.17) is 0 Å². The fraction of sp³-hybridized carbons (Fsp3) is 0.727. The second-order valence-corrected chi connectivity index (χ2v) is 4.92. The zero-order valence-electron chi connectivity index (χ0n) is 9.01. The first-order valence-electron chi connectivity index (χ1n) is 4.97. The Morgan fingerprint density at radius 3 is 2.47 bits per heavy atom. The maximum Gasteiger partial charge on any atom is 0.309 e. The van der Waals surface area contributed by atoms with Gasteiger partial charge in [0.15, 0.2) is 0 Å². The second-order valence-electron chi connectivity index (χ2n) is 4.92. The van der Waals surface area contributed by atoms with Gasteiger partial charge in [-0.1, -0.05) is 19.9 Å². The van der Waals surface area contributed by atoms with Crippen LogP contribution in [-0.2, 0) is 9.53 Å². The van der Waals surface area contributed by atoms with Crippen LogP contribution in [0.25, 0.3) is 0 Å². The van der Waals surface area contributed by atoms with Crippen LogP contribution in [0.2, 0.25) is 0 Å². The highest BCUT2D eigenvalue weighted by Gasteiger charge is 2.63. The van der Waals surface area contributed by atoms with E-state index in [-0.39, 0.29) is 35.2 Å². The van der Waals surface area contributed by atoms with Crippen LogP contribution >= 0.6 is 0 Å². The Bertz CT molecular complexity index is 344. The van der Waals surface area contributed by atoms with Crippen molar-refractivity contribution in [3.63, 3.8) is 0 Å². The molecule has 0 radical (unpaired) electrons. The van der Waals surface area contributed by atoms with Gasteiger partial charge in [0.2, 0.25) is 0 Å². The van der Waals surface area contributed by atoms with Crippen molar-refractivity contribution in [3.8, 4) is 0 Å². The molecule has 2 nitrogen and oxygen atoms in total. The van der Waals surface area contributed by atoms with Crippen molar-refractivity contribution in [1.82, 2.24) is 0 Å². The van der Waals surface area contributed by atoms with Crippen LogP contribution in [0, 0.1) is 17.3 Å². The van der Waals surface area contributed by atoms with Crippen molar-refractivity contribution < 1.29 is 18.3 Å². The van der Waals surface area contributed by atoms with Gasteiger partial charge in [-0.2, -0.15) is 0 Å². The van der Waals surface area contributed by atoms with Gasteiger partial charge >= 0.3 is 5.97 Å². The summed E-state index contributed by atoms with van der Waals surface area (Å²) in [7, 11) is 1.33. The molecule has 2 unspecified atom stereocenters. The number of allylic oxidation sites excluding steroid dienone is 2. The number of ether oxygens (including phenoxy) is 1. The number of carbonyl (C=O) groups is 1. The highest BCUT2D eigenvalue weighted by atomic mass is 19.3. The molecule has 0 N–H and O–H groups in total. The summed E-state index contributed by atoms with van der Waals surface area (Å²) in [5, 5.41) is 0. The molecule has 0 aliphatic heterocycles. The average molecular weight is 216 g/mol. The lowest BCUT2D eigenvalue weighted by molar-refractivity contribution is -0.143. The van der Waals surface area contributed by atoms with Crippen molar-refractivity contribution >= 4 is 5.97 Å². The van der Waals surface area contributed by atoms with Crippen LogP contribution in [0.1, 0.15) is 20.3 Å². The molecule has 0 heterocycles. The highest BCUT2D eigenvalue weighted by Crippen LogP contribution is 2.62. The minimum Gasteiger partial charge on any atom is -0.469 e. The maximum absolute atomic E-state index is 12.7. The maximum atomic E-state index is 12.7. The first-order valence-corrected chi connectivity index (χ1v) is 4.97. The van der Waals surface area contributed by atoms with Gasteiger partial charge in [0, 0.05) is 12.0 Å². The summed E-state index contributed by atoms with van der Waals surface area (Å²) < 4.78 is 30.0. The van der Waals surface area contributed by atoms with Crippen LogP contribution in [0.3, 0.4) is 0 Å². The second kappa shape index (κ2) is 2.80. The molecular weight excluding hydrogens is 202 g/mol. The Balaban J connectivity index is 2.08. The van der Waals surface area contributed by atoms with Gasteiger partial charge in [0.05, 0.1) is 13.0 Å². The molecule has 0 aromatic heterocycles. The van der Waals surface area contributed by atoms with E-state index < -0.39 is 5.92 Å². The molecule has 2 rings (SSSR count). The zero-order chi connectivity index (χ0) is 11.4. The number of halogens is 2. The average Bonchev–Trinajstić information content (AvgIpc) is 2.88. The van der Waals surface area contributed by atoms with Crippen molar-refractivity contribution in [2.24, 2.45) is 17.3 Å². The number of methoxy groups -OCH3 is 1. The van der Waals surface area contributed by atoms with Crippen LogP contribution in [0.4, 0.5) is 8.78 Å². The minimum atomic E-state index is -2.61. The van der Waals surface area contributed by atoms with E-state index in [9.17, 15) is 13.6 Å². The quantitative estimate of drug-likeness (QED) is 0.523. The number of carbonyl (C=O) groups excluding carboxylic acids is 1. The molecule has 4 heteroatoms. The standard InChI is InChI=1S/C11H14F2O2/c1-10(2)7(8(10)9(14)15-3)4-6-5-11(6,12)13/h4,7-8H,5H2,1-3H3/b6-4+. The molecule has 2 aliphatic rings. The van der Waals surface area contributed by atoms with E-state index in [2.05, 4.69) is 4.74 Å². The summed E-state index contributed by atoms with van der Waals surface area (Å²) >= 11 is 0. The van der Waals surface area contributed by atoms with Crippen molar-refractivity contribution in [1.29, 1.82) is 0 Å².